The van der Waals surface area contributed by atoms with Gasteiger partial charge in [0.25, 0.3) is 5.69 Å². The van der Waals surface area contributed by atoms with Gasteiger partial charge >= 0.3 is 6.09 Å². The molecule has 3 aliphatic rings. The quantitative estimate of drug-likeness (QED) is 0.0264. The lowest BCUT2D eigenvalue weighted by atomic mass is 9.56. The highest BCUT2D eigenvalue weighted by Crippen LogP contribution is 2.63. The number of unbranched alkanes of at least 4 members (excludes halogenated alkanes) is 11. The Morgan fingerprint density at radius 1 is 0.924 bits per heavy atom. The first kappa shape index (κ1) is 50.7. The third-order valence-corrected chi connectivity index (χ3v) is 14.5. The number of oxime groups is 1. The highest BCUT2D eigenvalue weighted by molar-refractivity contribution is 8.00. The number of amides is 1. The van der Waals surface area contributed by atoms with Crippen LogP contribution in [0.2, 0.25) is 0 Å². The molecule has 0 bridgehead atoms. The van der Waals surface area contributed by atoms with E-state index in [2.05, 4.69) is 37.0 Å². The molecule has 0 spiro atoms. The van der Waals surface area contributed by atoms with Crippen molar-refractivity contribution in [3.05, 3.63) is 118 Å². The van der Waals surface area contributed by atoms with E-state index in [4.69, 9.17) is 24.2 Å². The van der Waals surface area contributed by atoms with Gasteiger partial charge in [-0.1, -0.05) is 113 Å². The maximum Gasteiger partial charge on any atom is 0.412 e. The summed E-state index contributed by atoms with van der Waals surface area (Å²) in [5.74, 6) is -0.525. The Morgan fingerprint density at radius 2 is 1.62 bits per heavy atom. The number of thioether (sulfide) groups is 1. The lowest BCUT2D eigenvalue weighted by Gasteiger charge is -2.58. The predicted octanol–water partition coefficient (Wildman–Crippen LogP) is 12.2. The van der Waals surface area contributed by atoms with Crippen molar-refractivity contribution in [3.63, 3.8) is 0 Å². The van der Waals surface area contributed by atoms with Gasteiger partial charge in [0.1, 0.15) is 18.1 Å². The second kappa shape index (κ2) is 26.6. The normalized spacial score (nSPS) is 22.4. The van der Waals surface area contributed by atoms with Crippen molar-refractivity contribution >= 4 is 29.3 Å². The van der Waals surface area contributed by atoms with Crippen LogP contribution in [0, 0.1) is 27.9 Å². The van der Waals surface area contributed by atoms with Crippen molar-refractivity contribution in [2.24, 2.45) is 22.9 Å². The number of nitro groups is 1. The monoisotopic (exact) mass is 925 g/mol. The molecule has 66 heavy (non-hydrogen) atoms. The zero-order chi connectivity index (χ0) is 46.6. The van der Waals surface area contributed by atoms with Crippen molar-refractivity contribution in [2.75, 3.05) is 26.4 Å². The summed E-state index contributed by atoms with van der Waals surface area (Å²) in [6.45, 7) is 7.36. The summed E-state index contributed by atoms with van der Waals surface area (Å²) in [5, 5.41) is 38.7. The predicted molar refractivity (Wildman–Crippen MR) is 261 cm³/mol. The molecular weight excluding hydrogens is 855 g/mol. The highest BCUT2D eigenvalue weighted by atomic mass is 32.2. The van der Waals surface area contributed by atoms with Gasteiger partial charge in [0.05, 0.1) is 28.4 Å². The minimum absolute atomic E-state index is 0.00397. The zero-order valence-electron chi connectivity index (χ0n) is 38.8. The minimum Gasteiger partial charge on any atom is -0.460 e. The first-order chi connectivity index (χ1) is 32.3. The molecule has 358 valence electrons. The Balaban J connectivity index is 1.34. The molecule has 3 aromatic carbocycles. The van der Waals surface area contributed by atoms with E-state index in [1.165, 1.54) is 57.1 Å². The number of carbonyl (C=O) groups is 1. The molecule has 0 aromatic heterocycles. The third kappa shape index (κ3) is 13.7. The van der Waals surface area contributed by atoms with Crippen LogP contribution >= 0.6 is 11.8 Å². The number of hydrogen-bond acceptors (Lipinski definition) is 11. The number of hydrogen-bond donors (Lipinski definition) is 3. The van der Waals surface area contributed by atoms with E-state index in [0.29, 0.717) is 37.3 Å². The number of nitrogens with zero attached hydrogens (tertiary/aromatic N) is 2. The Morgan fingerprint density at radius 3 is 2.30 bits per heavy atom. The maximum absolute atomic E-state index is 13.3. The van der Waals surface area contributed by atoms with Gasteiger partial charge < -0.3 is 34.6 Å². The summed E-state index contributed by atoms with van der Waals surface area (Å²) in [4.78, 5) is 31.4. The number of non-ortho nitro benzene ring substituents is 1. The fourth-order valence-corrected chi connectivity index (χ4v) is 11.3. The number of fused-ring (bicyclic) bond motifs is 2. The molecule has 13 heteroatoms. The number of benzene rings is 3. The summed E-state index contributed by atoms with van der Waals surface area (Å²) in [7, 11) is 0. The Bertz CT molecular complexity index is 2050. The first-order valence-electron chi connectivity index (χ1n) is 24.4. The van der Waals surface area contributed by atoms with Crippen molar-refractivity contribution in [3.8, 4) is 11.5 Å². The third-order valence-electron chi connectivity index (χ3n) is 13.2. The highest BCUT2D eigenvalue weighted by Gasteiger charge is 2.64. The molecule has 1 amide bonds. The van der Waals surface area contributed by atoms with E-state index >= 15 is 0 Å². The number of allylic oxidation sites excluding steroid dienone is 1. The molecule has 0 radical (unpaired) electrons. The maximum atomic E-state index is 13.3. The Kier molecular flexibility index (Phi) is 20.4. The molecule has 3 aromatic rings. The second-order valence-electron chi connectivity index (χ2n) is 17.9. The fraction of sp³-hybridized carbons (Fsp3) is 0.547. The Hall–Kier alpha value is -4.69. The minimum atomic E-state index is -1.18. The van der Waals surface area contributed by atoms with Gasteiger partial charge in [-0.3, -0.25) is 10.1 Å². The number of aliphatic hydroxyl groups excluding tert-OH is 2. The smallest absolute Gasteiger partial charge is 0.412 e. The molecule has 6 unspecified atom stereocenters. The van der Waals surface area contributed by atoms with Crippen LogP contribution in [0.5, 0.6) is 11.5 Å². The van der Waals surface area contributed by atoms with Crippen LogP contribution in [0.3, 0.4) is 0 Å². The van der Waals surface area contributed by atoms with Gasteiger partial charge in [0, 0.05) is 54.7 Å². The molecule has 2 aliphatic carbocycles. The molecule has 1 heterocycles. The van der Waals surface area contributed by atoms with E-state index in [9.17, 15) is 25.1 Å². The average molecular weight is 926 g/mol. The number of carbonyl (C=O) groups excluding carboxylic acids is 1. The first-order valence-corrected chi connectivity index (χ1v) is 25.3. The molecular formula is C53H71N3O9S. The van der Waals surface area contributed by atoms with Crippen molar-refractivity contribution in [1.29, 1.82) is 0 Å². The van der Waals surface area contributed by atoms with Gasteiger partial charge in [-0.25, -0.2) is 4.79 Å². The fourth-order valence-electron chi connectivity index (χ4n) is 10.00. The van der Waals surface area contributed by atoms with E-state index in [0.717, 1.165) is 72.3 Å². The van der Waals surface area contributed by atoms with Gasteiger partial charge in [-0.05, 0) is 97.5 Å². The zero-order valence-corrected chi connectivity index (χ0v) is 39.6. The lowest BCUT2D eigenvalue weighted by molar-refractivity contribution is -0.384. The largest absolute Gasteiger partial charge is 0.460 e. The van der Waals surface area contributed by atoms with E-state index in [1.807, 2.05) is 30.3 Å². The molecule has 0 saturated heterocycles. The van der Waals surface area contributed by atoms with E-state index in [-0.39, 0.29) is 61.0 Å². The molecule has 12 nitrogen and oxygen atoms in total. The number of nitrogens with one attached hydrogen (secondary N) is 1. The molecule has 1 saturated carbocycles. The van der Waals surface area contributed by atoms with Crippen LogP contribution in [0.25, 0.3) is 0 Å². The van der Waals surface area contributed by atoms with E-state index in [1.54, 1.807) is 36.0 Å². The van der Waals surface area contributed by atoms with Gasteiger partial charge in [0.2, 0.25) is 5.79 Å². The molecule has 6 atom stereocenters. The summed E-state index contributed by atoms with van der Waals surface area (Å²) in [5.41, 5.74) is 3.41. The summed E-state index contributed by atoms with van der Waals surface area (Å²) >= 11 is 1.67. The van der Waals surface area contributed by atoms with Crippen molar-refractivity contribution < 1.29 is 39.0 Å². The van der Waals surface area contributed by atoms with Crippen LogP contribution in [-0.2, 0) is 16.2 Å². The standard InChI is InChI=1S/C53H71N3O9S/c1-3-5-6-7-8-9-10-11-12-18-31-54-52(59)64-42-29-30-48-46(36-42)50-44(24-17-20-33-58)40(21-16-19-32-57)35-45-47(55-63-38-39-25-27-41(28-26-39)56(60)61)37-49(66-43-22-14-13-15-23-43)53(65-48,51(45)50)62-34-4-2/h4,13-15,22-23,25-30,35-36,40,44,49-51,57-58H,2-3,5-12,16-21,24,31-34,37-38H2,1H3,(H,54,59). The van der Waals surface area contributed by atoms with Gasteiger partial charge in [0.15, 0.2) is 0 Å². The number of aliphatic hydroxyl groups is 2. The van der Waals surface area contributed by atoms with Crippen LogP contribution in [0.1, 0.15) is 133 Å². The van der Waals surface area contributed by atoms with Gasteiger partial charge in [-0.15, -0.1) is 18.3 Å². The topological polar surface area (TPSA) is 162 Å². The summed E-state index contributed by atoms with van der Waals surface area (Å²) in [6.07, 6.45) is 20.8. The van der Waals surface area contributed by atoms with Crippen molar-refractivity contribution in [1.82, 2.24) is 5.32 Å². The van der Waals surface area contributed by atoms with Crippen LogP contribution < -0.4 is 14.8 Å². The summed E-state index contributed by atoms with van der Waals surface area (Å²) in [6, 6.07) is 22.1. The van der Waals surface area contributed by atoms with Crippen LogP contribution in [-0.4, -0.2) is 64.3 Å². The van der Waals surface area contributed by atoms with E-state index < -0.39 is 16.8 Å². The number of nitro benzene ring substituents is 1. The Labute approximate surface area is 395 Å². The molecule has 3 N–H and O–H groups in total. The average Bonchev–Trinajstić information content (AvgIpc) is 3.32. The van der Waals surface area contributed by atoms with Crippen LogP contribution in [0.15, 0.2) is 107 Å². The molecule has 1 fully saturated rings. The van der Waals surface area contributed by atoms with Gasteiger partial charge in [-0.2, -0.15) is 0 Å². The molecule has 1 aliphatic heterocycles. The lowest BCUT2D eigenvalue weighted by Crippen LogP contribution is -2.64. The summed E-state index contributed by atoms with van der Waals surface area (Å²) < 4.78 is 20.3. The SMILES string of the molecule is C=CCOC12Oc3ccc(OC(=O)NCCCCCCCCCCCC)cc3C3C(CCCCO)C(CCCCO)C=C(C(=NOCc4ccc([N+](=O)[O-])cc4)CC1Sc1ccccc1)C32. The van der Waals surface area contributed by atoms with Crippen LogP contribution in [0.4, 0.5) is 10.5 Å². The number of rotatable bonds is 29. The molecule has 6 rings (SSSR count). The second-order valence-corrected chi connectivity index (χ2v) is 19.1. The van der Waals surface area contributed by atoms with Crippen molar-refractivity contribution in [2.45, 2.75) is 145 Å². The number of ether oxygens (including phenoxy) is 3.